The zero-order chi connectivity index (χ0) is 7.84. The first kappa shape index (κ1) is 7.10. The number of hydrogen-bond donors (Lipinski definition) is 1. The molecule has 1 fully saturated rings. The topological polar surface area (TPSA) is 38.9 Å². The average Bonchev–Trinajstić information content (AvgIpc) is 2.77. The Morgan fingerprint density at radius 1 is 1.55 bits per heavy atom. The molecule has 0 bridgehead atoms. The molecule has 1 aromatic rings. The monoisotopic (exact) mass is 212 g/mol. The molecule has 0 spiro atoms. The maximum atomic E-state index is 5.60. The molecular formula is C8H9BrN2. The molecule has 2 N–H and O–H groups in total. The van der Waals surface area contributed by atoms with Gasteiger partial charge in [-0.1, -0.05) is 0 Å². The van der Waals surface area contributed by atoms with Gasteiger partial charge in [-0.2, -0.15) is 0 Å². The predicted octanol–water partition coefficient (Wildman–Crippen LogP) is 2.30. The number of pyridine rings is 1. The van der Waals surface area contributed by atoms with Crippen molar-refractivity contribution in [3.63, 3.8) is 0 Å². The fourth-order valence-electron chi connectivity index (χ4n) is 1.06. The van der Waals surface area contributed by atoms with E-state index in [0.717, 1.165) is 10.2 Å². The number of hydrogen-bond acceptors (Lipinski definition) is 2. The maximum Gasteiger partial charge on any atom is 0.0645 e. The summed E-state index contributed by atoms with van der Waals surface area (Å²) in [4.78, 5) is 4.25. The molecule has 0 saturated heterocycles. The van der Waals surface area contributed by atoms with Gasteiger partial charge in [-0.3, -0.25) is 4.98 Å². The van der Waals surface area contributed by atoms with Gasteiger partial charge in [0.15, 0.2) is 0 Å². The minimum Gasteiger partial charge on any atom is -0.397 e. The highest BCUT2D eigenvalue weighted by molar-refractivity contribution is 9.10. The van der Waals surface area contributed by atoms with Crippen LogP contribution in [0.2, 0.25) is 0 Å². The molecule has 0 aromatic carbocycles. The van der Waals surface area contributed by atoms with Crippen molar-refractivity contribution in [3.05, 3.63) is 22.4 Å². The molecule has 0 unspecified atom stereocenters. The zero-order valence-electron chi connectivity index (χ0n) is 6.05. The molecule has 1 aliphatic carbocycles. The lowest BCUT2D eigenvalue weighted by Gasteiger charge is -1.99. The molecule has 58 valence electrons. The van der Waals surface area contributed by atoms with Crippen LogP contribution in [0.5, 0.6) is 0 Å². The SMILES string of the molecule is Nc1cnc(C2CC2)cc1Br. The first-order chi connectivity index (χ1) is 5.27. The fourth-order valence-corrected chi connectivity index (χ4v) is 1.40. The summed E-state index contributed by atoms with van der Waals surface area (Å²) in [6, 6.07) is 2.02. The van der Waals surface area contributed by atoms with E-state index in [4.69, 9.17) is 5.73 Å². The third-order valence-electron chi connectivity index (χ3n) is 1.90. The Balaban J connectivity index is 2.36. The van der Waals surface area contributed by atoms with Crippen LogP contribution in [-0.4, -0.2) is 4.98 Å². The van der Waals surface area contributed by atoms with Gasteiger partial charge in [0, 0.05) is 16.1 Å². The van der Waals surface area contributed by atoms with Crippen LogP contribution in [0.3, 0.4) is 0 Å². The molecule has 1 heterocycles. The van der Waals surface area contributed by atoms with Crippen molar-refractivity contribution in [2.45, 2.75) is 18.8 Å². The van der Waals surface area contributed by atoms with Gasteiger partial charge in [-0.05, 0) is 34.8 Å². The van der Waals surface area contributed by atoms with Crippen LogP contribution < -0.4 is 5.73 Å². The van der Waals surface area contributed by atoms with Crippen molar-refractivity contribution in [1.29, 1.82) is 0 Å². The van der Waals surface area contributed by atoms with E-state index < -0.39 is 0 Å². The summed E-state index contributed by atoms with van der Waals surface area (Å²) in [5.74, 6) is 0.701. The van der Waals surface area contributed by atoms with E-state index in [-0.39, 0.29) is 0 Å². The Morgan fingerprint density at radius 3 is 2.82 bits per heavy atom. The minimum atomic E-state index is 0.701. The van der Waals surface area contributed by atoms with Crippen molar-refractivity contribution in [2.24, 2.45) is 0 Å². The number of anilines is 1. The molecule has 0 aliphatic heterocycles. The Morgan fingerprint density at radius 2 is 2.27 bits per heavy atom. The highest BCUT2D eigenvalue weighted by Crippen LogP contribution is 2.40. The van der Waals surface area contributed by atoms with E-state index in [2.05, 4.69) is 20.9 Å². The fraction of sp³-hybridized carbons (Fsp3) is 0.375. The van der Waals surface area contributed by atoms with E-state index in [1.54, 1.807) is 6.20 Å². The summed E-state index contributed by atoms with van der Waals surface area (Å²) in [6.45, 7) is 0. The van der Waals surface area contributed by atoms with Gasteiger partial charge in [-0.25, -0.2) is 0 Å². The van der Waals surface area contributed by atoms with Gasteiger partial charge in [0.05, 0.1) is 11.9 Å². The smallest absolute Gasteiger partial charge is 0.0645 e. The van der Waals surface area contributed by atoms with Crippen LogP contribution in [0.15, 0.2) is 16.7 Å². The normalized spacial score (nSPS) is 16.8. The molecule has 11 heavy (non-hydrogen) atoms. The Bertz CT molecular complexity index is 281. The maximum absolute atomic E-state index is 5.60. The van der Waals surface area contributed by atoms with Crippen LogP contribution in [0.25, 0.3) is 0 Å². The molecule has 1 aliphatic rings. The van der Waals surface area contributed by atoms with Crippen LogP contribution in [-0.2, 0) is 0 Å². The van der Waals surface area contributed by atoms with Crippen LogP contribution in [0.4, 0.5) is 5.69 Å². The van der Waals surface area contributed by atoms with Crippen molar-refractivity contribution >= 4 is 21.6 Å². The predicted molar refractivity (Wildman–Crippen MR) is 48.3 cm³/mol. The van der Waals surface area contributed by atoms with Crippen molar-refractivity contribution in [3.8, 4) is 0 Å². The molecule has 0 atom stereocenters. The summed E-state index contributed by atoms with van der Waals surface area (Å²) >= 11 is 3.38. The van der Waals surface area contributed by atoms with Crippen LogP contribution in [0, 0.1) is 0 Å². The van der Waals surface area contributed by atoms with Crippen molar-refractivity contribution < 1.29 is 0 Å². The third kappa shape index (κ3) is 1.38. The summed E-state index contributed by atoms with van der Waals surface area (Å²) in [5.41, 5.74) is 7.49. The first-order valence-electron chi connectivity index (χ1n) is 3.68. The molecular weight excluding hydrogens is 204 g/mol. The lowest BCUT2D eigenvalue weighted by molar-refractivity contribution is 1.02. The van der Waals surface area contributed by atoms with Crippen molar-refractivity contribution in [1.82, 2.24) is 4.98 Å². The number of halogens is 1. The van der Waals surface area contributed by atoms with Gasteiger partial charge in [0.2, 0.25) is 0 Å². The van der Waals surface area contributed by atoms with E-state index in [1.807, 2.05) is 6.07 Å². The summed E-state index contributed by atoms with van der Waals surface area (Å²) in [5, 5.41) is 0. The lowest BCUT2D eigenvalue weighted by Crippen LogP contribution is -1.91. The van der Waals surface area contributed by atoms with E-state index in [9.17, 15) is 0 Å². The Hall–Kier alpha value is -0.570. The number of nitrogens with zero attached hydrogens (tertiary/aromatic N) is 1. The average molecular weight is 213 g/mol. The van der Waals surface area contributed by atoms with E-state index in [1.165, 1.54) is 18.5 Å². The van der Waals surface area contributed by atoms with Gasteiger partial charge < -0.3 is 5.73 Å². The van der Waals surface area contributed by atoms with Crippen molar-refractivity contribution in [2.75, 3.05) is 5.73 Å². The van der Waals surface area contributed by atoms with E-state index in [0.29, 0.717) is 5.92 Å². The van der Waals surface area contributed by atoms with Gasteiger partial charge in [0.1, 0.15) is 0 Å². The standard InChI is InChI=1S/C8H9BrN2/c9-6-3-8(5-1-2-5)11-4-7(6)10/h3-5H,1-2,10H2. The molecule has 1 aromatic heterocycles. The number of nitrogen functional groups attached to an aromatic ring is 1. The summed E-state index contributed by atoms with van der Waals surface area (Å²) < 4.78 is 0.967. The zero-order valence-corrected chi connectivity index (χ0v) is 7.63. The molecule has 0 amide bonds. The third-order valence-corrected chi connectivity index (χ3v) is 2.59. The first-order valence-corrected chi connectivity index (χ1v) is 4.47. The number of nitrogens with two attached hydrogens (primary N) is 1. The highest BCUT2D eigenvalue weighted by Gasteiger charge is 2.25. The second-order valence-corrected chi connectivity index (χ2v) is 3.76. The molecule has 1 saturated carbocycles. The van der Waals surface area contributed by atoms with Gasteiger partial charge >= 0.3 is 0 Å². The van der Waals surface area contributed by atoms with Gasteiger partial charge in [0.25, 0.3) is 0 Å². The molecule has 3 heteroatoms. The molecule has 2 nitrogen and oxygen atoms in total. The number of aromatic nitrogens is 1. The largest absolute Gasteiger partial charge is 0.397 e. The summed E-state index contributed by atoms with van der Waals surface area (Å²) in [7, 11) is 0. The summed E-state index contributed by atoms with van der Waals surface area (Å²) in [6.07, 6.45) is 4.28. The molecule has 0 radical (unpaired) electrons. The lowest BCUT2D eigenvalue weighted by atomic mass is 10.2. The highest BCUT2D eigenvalue weighted by atomic mass is 79.9. The Kier molecular flexibility index (Phi) is 1.60. The quantitative estimate of drug-likeness (QED) is 0.777. The second kappa shape index (κ2) is 2.48. The minimum absolute atomic E-state index is 0.701. The van der Waals surface area contributed by atoms with Crippen LogP contribution >= 0.6 is 15.9 Å². The Labute approximate surface area is 73.9 Å². The van der Waals surface area contributed by atoms with Crippen LogP contribution in [0.1, 0.15) is 24.5 Å². The second-order valence-electron chi connectivity index (χ2n) is 2.90. The van der Waals surface area contributed by atoms with E-state index >= 15 is 0 Å². The number of rotatable bonds is 1. The van der Waals surface area contributed by atoms with Gasteiger partial charge in [-0.15, -0.1) is 0 Å². The molecule has 2 rings (SSSR count).